The number of aliphatic hydroxyl groups is 1. The first-order chi connectivity index (χ1) is 14.7. The molecule has 0 fully saturated rings. The lowest BCUT2D eigenvalue weighted by Crippen LogP contribution is -2.48. The predicted octanol–water partition coefficient (Wildman–Crippen LogP) is 1.53. The number of aliphatic hydroxyl groups excluding tert-OH is 1. The molecule has 1 aliphatic rings. The van der Waals surface area contributed by atoms with Gasteiger partial charge < -0.3 is 24.4 Å². The third-order valence-corrected chi connectivity index (χ3v) is 5.45. The second-order valence-electron chi connectivity index (χ2n) is 8.81. The zero-order valence-electron chi connectivity index (χ0n) is 19.4. The van der Waals surface area contributed by atoms with E-state index in [0.717, 1.165) is 5.69 Å². The number of hydrogen-bond donors (Lipinski definition) is 1. The maximum absolute atomic E-state index is 12.9. The van der Waals surface area contributed by atoms with E-state index >= 15 is 0 Å². The van der Waals surface area contributed by atoms with E-state index < -0.39 is 6.09 Å². The molecule has 10 nitrogen and oxygen atoms in total. The molecule has 0 unspecified atom stereocenters. The van der Waals surface area contributed by atoms with E-state index in [2.05, 4.69) is 10.3 Å². The number of carbonyl (C=O) groups is 2. The van der Waals surface area contributed by atoms with Gasteiger partial charge in [0.05, 0.1) is 50.4 Å². The Balaban J connectivity index is 2.19. The third-order valence-electron chi connectivity index (χ3n) is 5.45. The number of hydrogen-bond acceptors (Lipinski definition) is 7. The highest BCUT2D eigenvalue weighted by Crippen LogP contribution is 2.18. The smallest absolute Gasteiger partial charge is 0.409 e. The molecule has 0 bridgehead atoms. The standard InChI is InChI=1S/C21H37N5O5/c1-15(2)13-31-21(29)24(5)11-19-16(3)10-25(17(4)12-27)20(28)7-6-8-26-18(14-30-19)9-22-23-26/h9,15-17,19,27H,6-8,10-14H2,1-5H3/t16-,17-,19+/m0/s1. The van der Waals surface area contributed by atoms with Crippen molar-refractivity contribution in [2.45, 2.75) is 65.8 Å². The molecule has 0 aromatic carbocycles. The van der Waals surface area contributed by atoms with Crippen LogP contribution in [0.4, 0.5) is 4.79 Å². The number of amides is 2. The topological polar surface area (TPSA) is 110 Å². The fraction of sp³-hybridized carbons (Fsp3) is 0.810. The van der Waals surface area contributed by atoms with E-state index in [1.165, 1.54) is 4.90 Å². The Morgan fingerprint density at radius 1 is 1.42 bits per heavy atom. The van der Waals surface area contributed by atoms with Gasteiger partial charge in [0.15, 0.2) is 0 Å². The summed E-state index contributed by atoms with van der Waals surface area (Å²) in [6.45, 7) is 9.64. The van der Waals surface area contributed by atoms with E-state index in [0.29, 0.717) is 45.7 Å². The van der Waals surface area contributed by atoms with Gasteiger partial charge in [0.25, 0.3) is 0 Å². The van der Waals surface area contributed by atoms with Gasteiger partial charge in [-0.2, -0.15) is 0 Å². The van der Waals surface area contributed by atoms with Crippen LogP contribution in [-0.4, -0.2) is 87.4 Å². The molecule has 0 aliphatic carbocycles. The second kappa shape index (κ2) is 12.0. The Labute approximate surface area is 184 Å². The Morgan fingerprint density at radius 2 is 2.16 bits per heavy atom. The van der Waals surface area contributed by atoms with Crippen molar-refractivity contribution in [2.75, 3.05) is 33.4 Å². The molecule has 0 radical (unpaired) electrons. The maximum atomic E-state index is 12.9. The molecule has 0 spiro atoms. The van der Waals surface area contributed by atoms with Gasteiger partial charge in [-0.25, -0.2) is 9.48 Å². The molecule has 2 rings (SSSR count). The van der Waals surface area contributed by atoms with Crippen LogP contribution >= 0.6 is 0 Å². The number of aromatic nitrogens is 3. The summed E-state index contributed by atoms with van der Waals surface area (Å²) < 4.78 is 13.3. The molecule has 0 saturated carbocycles. The Kier molecular flexibility index (Phi) is 9.70. The van der Waals surface area contributed by atoms with E-state index in [1.807, 2.05) is 27.7 Å². The Morgan fingerprint density at radius 3 is 2.84 bits per heavy atom. The normalized spacial score (nSPS) is 21.8. The molecule has 31 heavy (non-hydrogen) atoms. The first-order valence-electron chi connectivity index (χ1n) is 11.0. The molecule has 1 aromatic rings. The summed E-state index contributed by atoms with van der Waals surface area (Å²) in [7, 11) is 1.68. The molecule has 2 heterocycles. The third kappa shape index (κ3) is 7.46. The number of likely N-dealkylation sites (N-methyl/N-ethyl adjacent to an activating group) is 1. The van der Waals surface area contributed by atoms with Crippen LogP contribution in [0.5, 0.6) is 0 Å². The van der Waals surface area contributed by atoms with Crippen molar-refractivity contribution in [3.63, 3.8) is 0 Å². The maximum Gasteiger partial charge on any atom is 0.409 e. The van der Waals surface area contributed by atoms with Gasteiger partial charge in [0.1, 0.15) is 0 Å². The zero-order valence-corrected chi connectivity index (χ0v) is 19.4. The average Bonchev–Trinajstić information content (AvgIpc) is 3.18. The largest absolute Gasteiger partial charge is 0.449 e. The van der Waals surface area contributed by atoms with Crippen molar-refractivity contribution in [1.82, 2.24) is 24.8 Å². The van der Waals surface area contributed by atoms with Crippen LogP contribution < -0.4 is 0 Å². The number of aryl methyl sites for hydroxylation is 1. The lowest BCUT2D eigenvalue weighted by Gasteiger charge is -2.35. The quantitative estimate of drug-likeness (QED) is 0.716. The number of carbonyl (C=O) groups excluding carboxylic acids is 2. The van der Waals surface area contributed by atoms with Crippen LogP contribution in [0.25, 0.3) is 0 Å². The summed E-state index contributed by atoms with van der Waals surface area (Å²) >= 11 is 0. The van der Waals surface area contributed by atoms with Gasteiger partial charge in [-0.3, -0.25) is 4.79 Å². The summed E-state index contributed by atoms with van der Waals surface area (Å²) in [4.78, 5) is 28.4. The molecule has 10 heteroatoms. The molecule has 0 saturated heterocycles. The minimum atomic E-state index is -0.404. The van der Waals surface area contributed by atoms with Gasteiger partial charge in [0.2, 0.25) is 5.91 Å². The highest BCUT2D eigenvalue weighted by Gasteiger charge is 2.29. The van der Waals surface area contributed by atoms with Gasteiger partial charge in [-0.05, 0) is 19.3 Å². The zero-order chi connectivity index (χ0) is 23.0. The summed E-state index contributed by atoms with van der Waals surface area (Å²) in [5.41, 5.74) is 0.829. The van der Waals surface area contributed by atoms with Crippen molar-refractivity contribution in [1.29, 1.82) is 0 Å². The highest BCUT2D eigenvalue weighted by molar-refractivity contribution is 5.76. The van der Waals surface area contributed by atoms with E-state index in [-0.39, 0.29) is 36.5 Å². The van der Waals surface area contributed by atoms with Gasteiger partial charge >= 0.3 is 6.09 Å². The Hall–Kier alpha value is -2.20. The summed E-state index contributed by atoms with van der Waals surface area (Å²) in [6, 6.07) is -0.297. The van der Waals surface area contributed by atoms with Crippen LogP contribution in [0.15, 0.2) is 6.20 Å². The molecule has 1 aromatic heterocycles. The van der Waals surface area contributed by atoms with E-state index in [4.69, 9.17) is 9.47 Å². The summed E-state index contributed by atoms with van der Waals surface area (Å²) in [5.74, 6) is 0.155. The molecular weight excluding hydrogens is 402 g/mol. The lowest BCUT2D eigenvalue weighted by molar-refractivity contribution is -0.136. The molecular formula is C21H37N5O5. The molecule has 2 amide bonds. The fourth-order valence-corrected chi connectivity index (χ4v) is 3.44. The number of rotatable bonds is 6. The van der Waals surface area contributed by atoms with Crippen LogP contribution in [0.1, 0.15) is 46.2 Å². The summed E-state index contributed by atoms with van der Waals surface area (Å²) in [6.07, 6.45) is 1.91. The van der Waals surface area contributed by atoms with Crippen molar-refractivity contribution >= 4 is 12.0 Å². The van der Waals surface area contributed by atoms with Crippen LogP contribution in [-0.2, 0) is 27.4 Å². The Bertz CT molecular complexity index is 710. The van der Waals surface area contributed by atoms with Gasteiger partial charge in [-0.1, -0.05) is 26.0 Å². The number of fused-ring (bicyclic) bond motifs is 1. The van der Waals surface area contributed by atoms with Crippen LogP contribution in [0.3, 0.4) is 0 Å². The molecule has 1 aliphatic heterocycles. The second-order valence-corrected chi connectivity index (χ2v) is 8.81. The van der Waals surface area contributed by atoms with E-state index in [9.17, 15) is 14.7 Å². The fourth-order valence-electron chi connectivity index (χ4n) is 3.44. The number of nitrogens with zero attached hydrogens (tertiary/aromatic N) is 5. The van der Waals surface area contributed by atoms with Crippen LogP contribution in [0, 0.1) is 11.8 Å². The SMILES string of the molecule is CC(C)COC(=O)N(C)C[C@H]1OCc2cnnn2CCCC(=O)N([C@@H](C)CO)C[C@@H]1C. The first-order valence-corrected chi connectivity index (χ1v) is 11.0. The lowest BCUT2D eigenvalue weighted by atomic mass is 10.0. The van der Waals surface area contributed by atoms with E-state index in [1.54, 1.807) is 22.8 Å². The highest BCUT2D eigenvalue weighted by atomic mass is 16.6. The minimum Gasteiger partial charge on any atom is -0.449 e. The van der Waals surface area contributed by atoms with Crippen molar-refractivity contribution < 1.29 is 24.2 Å². The first kappa shape index (κ1) is 25.1. The average molecular weight is 440 g/mol. The molecule has 1 N–H and O–H groups in total. The number of ether oxygens (including phenoxy) is 2. The van der Waals surface area contributed by atoms with Crippen molar-refractivity contribution in [2.24, 2.45) is 11.8 Å². The predicted molar refractivity (Wildman–Crippen MR) is 114 cm³/mol. The molecule has 176 valence electrons. The summed E-state index contributed by atoms with van der Waals surface area (Å²) in [5, 5.41) is 17.7. The monoisotopic (exact) mass is 439 g/mol. The van der Waals surface area contributed by atoms with Crippen LogP contribution in [0.2, 0.25) is 0 Å². The van der Waals surface area contributed by atoms with Crippen molar-refractivity contribution in [3.8, 4) is 0 Å². The van der Waals surface area contributed by atoms with Gasteiger partial charge in [0, 0.05) is 32.5 Å². The minimum absolute atomic E-state index is 0.0147. The molecule has 3 atom stereocenters. The van der Waals surface area contributed by atoms with Crippen molar-refractivity contribution in [3.05, 3.63) is 11.9 Å². The van der Waals surface area contributed by atoms with Gasteiger partial charge in [-0.15, -0.1) is 5.10 Å².